The van der Waals surface area contributed by atoms with E-state index in [2.05, 4.69) is 15.3 Å². The summed E-state index contributed by atoms with van der Waals surface area (Å²) in [7, 11) is 1.21. The van der Waals surface area contributed by atoms with Gasteiger partial charge in [0.2, 0.25) is 5.88 Å². The number of halogens is 3. The van der Waals surface area contributed by atoms with Gasteiger partial charge in [-0.05, 0) is 49.4 Å². The van der Waals surface area contributed by atoms with Crippen LogP contribution in [0, 0.1) is 6.92 Å². The Morgan fingerprint density at radius 2 is 1.63 bits per heavy atom. The van der Waals surface area contributed by atoms with Crippen LogP contribution < -0.4 is 10.1 Å². The maximum absolute atomic E-state index is 13.3. The van der Waals surface area contributed by atoms with Crippen molar-refractivity contribution in [2.45, 2.75) is 13.1 Å². The Bertz CT molecular complexity index is 1360. The molecule has 2 heterocycles. The van der Waals surface area contributed by atoms with Gasteiger partial charge in [-0.25, -0.2) is 9.78 Å². The van der Waals surface area contributed by atoms with Crippen molar-refractivity contribution in [2.24, 2.45) is 0 Å². The SMILES string of the molecule is COC(=O)c1cc(Oc2ncccc2C(F)(F)F)ccc1Nc1cccnc1-c1ccc(C)cc1. The number of nitrogens with one attached hydrogen (secondary N) is 1. The van der Waals surface area contributed by atoms with Crippen LogP contribution in [0.2, 0.25) is 0 Å². The van der Waals surface area contributed by atoms with E-state index in [9.17, 15) is 18.0 Å². The molecule has 0 spiro atoms. The van der Waals surface area contributed by atoms with Crippen molar-refractivity contribution in [1.82, 2.24) is 9.97 Å². The Hall–Kier alpha value is -4.40. The van der Waals surface area contributed by atoms with E-state index in [0.29, 0.717) is 17.1 Å². The Labute approximate surface area is 199 Å². The van der Waals surface area contributed by atoms with Gasteiger partial charge in [0, 0.05) is 18.0 Å². The zero-order valence-electron chi connectivity index (χ0n) is 18.8. The van der Waals surface area contributed by atoms with Crippen LogP contribution in [0.1, 0.15) is 21.5 Å². The lowest BCUT2D eigenvalue weighted by atomic mass is 10.1. The van der Waals surface area contributed by atoms with Gasteiger partial charge in [0.25, 0.3) is 0 Å². The third kappa shape index (κ3) is 5.40. The Balaban J connectivity index is 1.70. The standard InChI is InChI=1S/C26H20F3N3O3/c1-16-7-9-17(10-8-16)23-22(6-4-13-30-23)32-21-12-11-18(15-19(21)25(33)34-2)35-24-20(26(27,28)29)5-3-14-31-24/h3-15,32H,1-2H3. The average Bonchev–Trinajstić information content (AvgIpc) is 2.85. The molecule has 0 saturated heterocycles. The van der Waals surface area contributed by atoms with Crippen LogP contribution in [0.25, 0.3) is 11.3 Å². The minimum Gasteiger partial charge on any atom is -0.465 e. The highest BCUT2D eigenvalue weighted by molar-refractivity contribution is 5.97. The van der Waals surface area contributed by atoms with Crippen molar-refractivity contribution in [3.8, 4) is 22.9 Å². The zero-order chi connectivity index (χ0) is 25.0. The summed E-state index contributed by atoms with van der Waals surface area (Å²) < 4.78 is 50.2. The summed E-state index contributed by atoms with van der Waals surface area (Å²) in [5.74, 6) is -1.33. The zero-order valence-corrected chi connectivity index (χ0v) is 18.8. The van der Waals surface area contributed by atoms with Crippen LogP contribution in [0.5, 0.6) is 11.6 Å². The molecule has 4 aromatic rings. The Morgan fingerprint density at radius 3 is 2.34 bits per heavy atom. The van der Waals surface area contributed by atoms with Gasteiger partial charge in [-0.15, -0.1) is 0 Å². The maximum Gasteiger partial charge on any atom is 0.421 e. The predicted octanol–water partition coefficient (Wildman–Crippen LogP) is 6.79. The first kappa shape index (κ1) is 23.7. The monoisotopic (exact) mass is 479 g/mol. The lowest BCUT2D eigenvalue weighted by molar-refractivity contribution is -0.138. The van der Waals surface area contributed by atoms with Crippen LogP contribution in [0.3, 0.4) is 0 Å². The van der Waals surface area contributed by atoms with E-state index >= 15 is 0 Å². The highest BCUT2D eigenvalue weighted by Gasteiger charge is 2.35. The van der Waals surface area contributed by atoms with Gasteiger partial charge in [0.1, 0.15) is 11.3 Å². The molecule has 0 bridgehead atoms. The number of alkyl halides is 3. The van der Waals surface area contributed by atoms with Crippen LogP contribution in [0.15, 0.2) is 79.1 Å². The number of anilines is 2. The number of nitrogens with zero attached hydrogens (tertiary/aromatic N) is 2. The topological polar surface area (TPSA) is 73.3 Å². The number of hydrogen-bond donors (Lipinski definition) is 1. The van der Waals surface area contributed by atoms with Crippen LogP contribution in [-0.4, -0.2) is 23.0 Å². The normalized spacial score (nSPS) is 11.1. The van der Waals surface area contributed by atoms with Crippen LogP contribution in [-0.2, 0) is 10.9 Å². The van der Waals surface area contributed by atoms with Gasteiger partial charge in [0.05, 0.1) is 29.7 Å². The maximum atomic E-state index is 13.3. The second-order valence-corrected chi connectivity index (χ2v) is 7.55. The summed E-state index contributed by atoms with van der Waals surface area (Å²) >= 11 is 0. The van der Waals surface area contributed by atoms with Gasteiger partial charge < -0.3 is 14.8 Å². The van der Waals surface area contributed by atoms with Crippen molar-refractivity contribution in [3.05, 3.63) is 95.8 Å². The highest BCUT2D eigenvalue weighted by Crippen LogP contribution is 2.38. The molecule has 35 heavy (non-hydrogen) atoms. The van der Waals surface area contributed by atoms with Crippen LogP contribution in [0.4, 0.5) is 24.5 Å². The number of benzene rings is 2. The average molecular weight is 479 g/mol. The molecule has 0 amide bonds. The summed E-state index contributed by atoms with van der Waals surface area (Å²) in [5.41, 5.74) is 2.65. The van der Waals surface area contributed by atoms with E-state index in [1.807, 2.05) is 31.2 Å². The fourth-order valence-electron chi connectivity index (χ4n) is 3.37. The number of methoxy groups -OCH3 is 1. The fraction of sp³-hybridized carbons (Fsp3) is 0.115. The third-order valence-corrected chi connectivity index (χ3v) is 5.09. The second kappa shape index (κ2) is 9.84. The number of ether oxygens (including phenoxy) is 2. The highest BCUT2D eigenvalue weighted by atomic mass is 19.4. The first-order valence-corrected chi connectivity index (χ1v) is 10.5. The molecule has 0 radical (unpaired) electrons. The van der Waals surface area contributed by atoms with Crippen molar-refractivity contribution in [3.63, 3.8) is 0 Å². The number of carbonyl (C=O) groups is 1. The van der Waals surface area contributed by atoms with E-state index in [1.54, 1.807) is 18.3 Å². The van der Waals surface area contributed by atoms with Crippen molar-refractivity contribution in [2.75, 3.05) is 12.4 Å². The lowest BCUT2D eigenvalue weighted by Crippen LogP contribution is -2.09. The number of rotatable bonds is 6. The first-order valence-electron chi connectivity index (χ1n) is 10.5. The lowest BCUT2D eigenvalue weighted by Gasteiger charge is -2.16. The molecule has 178 valence electrons. The Kier molecular flexibility index (Phi) is 6.68. The number of hydrogen-bond acceptors (Lipinski definition) is 6. The van der Waals surface area contributed by atoms with Crippen molar-refractivity contribution < 1.29 is 27.4 Å². The minimum absolute atomic E-state index is 0.00917. The number of carbonyl (C=O) groups excluding carboxylic acids is 1. The van der Waals surface area contributed by atoms with Gasteiger partial charge in [-0.1, -0.05) is 29.8 Å². The number of pyridine rings is 2. The van der Waals surface area contributed by atoms with E-state index in [1.165, 1.54) is 37.6 Å². The molecule has 6 nitrogen and oxygen atoms in total. The molecule has 0 fully saturated rings. The third-order valence-electron chi connectivity index (χ3n) is 5.09. The number of aromatic nitrogens is 2. The van der Waals surface area contributed by atoms with Crippen molar-refractivity contribution in [1.29, 1.82) is 0 Å². The molecular weight excluding hydrogens is 459 g/mol. The molecule has 2 aromatic heterocycles. The molecule has 0 aliphatic heterocycles. The first-order chi connectivity index (χ1) is 16.8. The minimum atomic E-state index is -4.65. The number of aryl methyl sites for hydroxylation is 1. The molecule has 1 N–H and O–H groups in total. The van der Waals surface area contributed by atoms with Gasteiger partial charge in [-0.2, -0.15) is 13.2 Å². The molecule has 2 aromatic carbocycles. The summed E-state index contributed by atoms with van der Waals surface area (Å²) in [6, 6.07) is 17.6. The summed E-state index contributed by atoms with van der Waals surface area (Å²) in [4.78, 5) is 20.7. The summed E-state index contributed by atoms with van der Waals surface area (Å²) in [6.45, 7) is 1.98. The summed E-state index contributed by atoms with van der Waals surface area (Å²) in [6.07, 6.45) is -1.80. The quantitative estimate of drug-likeness (QED) is 0.307. The molecule has 0 saturated carbocycles. The number of esters is 1. The molecule has 9 heteroatoms. The van der Waals surface area contributed by atoms with Crippen LogP contribution >= 0.6 is 0 Å². The molecule has 0 atom stereocenters. The van der Waals surface area contributed by atoms with E-state index < -0.39 is 23.6 Å². The largest absolute Gasteiger partial charge is 0.465 e. The Morgan fingerprint density at radius 1 is 0.914 bits per heavy atom. The molecule has 0 aliphatic rings. The van der Waals surface area contributed by atoms with E-state index in [0.717, 1.165) is 17.2 Å². The smallest absolute Gasteiger partial charge is 0.421 e. The van der Waals surface area contributed by atoms with Gasteiger partial charge in [-0.3, -0.25) is 4.98 Å². The molecule has 0 aliphatic carbocycles. The van der Waals surface area contributed by atoms with Gasteiger partial charge >= 0.3 is 12.1 Å². The molecular formula is C26H20F3N3O3. The fourth-order valence-corrected chi connectivity index (χ4v) is 3.37. The molecule has 0 unspecified atom stereocenters. The molecule has 4 rings (SSSR count). The predicted molar refractivity (Wildman–Crippen MR) is 125 cm³/mol. The van der Waals surface area contributed by atoms with E-state index in [4.69, 9.17) is 9.47 Å². The van der Waals surface area contributed by atoms with Crippen molar-refractivity contribution >= 4 is 17.3 Å². The second-order valence-electron chi connectivity index (χ2n) is 7.55. The van der Waals surface area contributed by atoms with Gasteiger partial charge in [0.15, 0.2) is 0 Å². The summed E-state index contributed by atoms with van der Waals surface area (Å²) in [5, 5.41) is 3.18. The van der Waals surface area contributed by atoms with E-state index in [-0.39, 0.29) is 11.3 Å².